The van der Waals surface area contributed by atoms with Crippen LogP contribution >= 0.6 is 0 Å². The molecular formula is C20H28N4O3. The Morgan fingerprint density at radius 2 is 2.19 bits per heavy atom. The Hall–Kier alpha value is -2.38. The van der Waals surface area contributed by atoms with Crippen molar-refractivity contribution in [1.29, 1.82) is 0 Å². The molecule has 0 saturated carbocycles. The maximum atomic E-state index is 11.9. The second-order valence-electron chi connectivity index (χ2n) is 6.88. The summed E-state index contributed by atoms with van der Waals surface area (Å²) in [6.07, 6.45) is 6.82. The van der Waals surface area contributed by atoms with Crippen LogP contribution in [0.1, 0.15) is 36.5 Å². The molecule has 1 amide bonds. The van der Waals surface area contributed by atoms with Crippen molar-refractivity contribution in [3.63, 3.8) is 0 Å². The summed E-state index contributed by atoms with van der Waals surface area (Å²) in [6, 6.07) is 8.37. The van der Waals surface area contributed by atoms with Gasteiger partial charge in [0.2, 0.25) is 0 Å². The number of ether oxygens (including phenoxy) is 1. The van der Waals surface area contributed by atoms with Gasteiger partial charge >= 0.3 is 0 Å². The molecule has 1 aliphatic heterocycles. The lowest BCUT2D eigenvalue weighted by molar-refractivity contribution is 0.0945. The lowest BCUT2D eigenvalue weighted by atomic mass is 10.2. The van der Waals surface area contributed by atoms with E-state index in [0.717, 1.165) is 24.4 Å². The van der Waals surface area contributed by atoms with Gasteiger partial charge in [-0.3, -0.25) is 4.79 Å². The highest BCUT2D eigenvalue weighted by Gasteiger charge is 2.19. The fraction of sp³-hybridized carbons (Fsp3) is 0.500. The highest BCUT2D eigenvalue weighted by molar-refractivity contribution is 5.93. The Balaban J connectivity index is 1.47. The van der Waals surface area contributed by atoms with Crippen molar-refractivity contribution in [3.05, 3.63) is 42.2 Å². The molecule has 1 atom stereocenters. The van der Waals surface area contributed by atoms with E-state index in [9.17, 15) is 4.79 Å². The molecule has 27 heavy (non-hydrogen) atoms. The SMILES string of the molecule is CC1CCCN1CCCOc1ccc(-n2cc(C(=O)NCCO)cn2)cc1. The quantitative estimate of drug-likeness (QED) is 0.657. The van der Waals surface area contributed by atoms with Gasteiger partial charge in [0.1, 0.15) is 5.75 Å². The Kier molecular flexibility index (Phi) is 6.84. The number of hydrogen-bond donors (Lipinski definition) is 2. The van der Waals surface area contributed by atoms with E-state index in [-0.39, 0.29) is 19.1 Å². The van der Waals surface area contributed by atoms with Gasteiger partial charge in [-0.25, -0.2) is 4.68 Å². The van der Waals surface area contributed by atoms with Crippen LogP contribution in [0.15, 0.2) is 36.7 Å². The van der Waals surface area contributed by atoms with Gasteiger partial charge in [-0.1, -0.05) is 0 Å². The van der Waals surface area contributed by atoms with Crippen molar-refractivity contribution in [3.8, 4) is 11.4 Å². The number of rotatable bonds is 9. The highest BCUT2D eigenvalue weighted by atomic mass is 16.5. The van der Waals surface area contributed by atoms with Gasteiger partial charge in [0.05, 0.1) is 30.7 Å². The Morgan fingerprint density at radius 1 is 1.37 bits per heavy atom. The zero-order valence-electron chi connectivity index (χ0n) is 15.8. The number of aromatic nitrogens is 2. The maximum absolute atomic E-state index is 11.9. The summed E-state index contributed by atoms with van der Waals surface area (Å²) < 4.78 is 7.48. The van der Waals surface area contributed by atoms with Crippen molar-refractivity contribution >= 4 is 5.91 Å². The van der Waals surface area contributed by atoms with Crippen LogP contribution in [-0.4, -0.2) is 64.6 Å². The van der Waals surface area contributed by atoms with E-state index in [4.69, 9.17) is 9.84 Å². The molecule has 1 unspecified atom stereocenters. The normalized spacial score (nSPS) is 17.2. The predicted molar refractivity (Wildman–Crippen MR) is 103 cm³/mol. The second kappa shape index (κ2) is 9.53. The molecule has 0 aliphatic carbocycles. The molecule has 0 spiro atoms. The third kappa shape index (κ3) is 5.30. The molecule has 1 aromatic heterocycles. The average Bonchev–Trinajstić information content (AvgIpc) is 3.33. The molecule has 1 fully saturated rings. The molecule has 1 saturated heterocycles. The highest BCUT2D eigenvalue weighted by Crippen LogP contribution is 2.18. The van der Waals surface area contributed by atoms with Gasteiger partial charge in [0.25, 0.3) is 5.91 Å². The number of aliphatic hydroxyl groups is 1. The van der Waals surface area contributed by atoms with E-state index in [1.807, 2.05) is 24.3 Å². The molecule has 146 valence electrons. The van der Waals surface area contributed by atoms with E-state index in [1.54, 1.807) is 10.9 Å². The number of carbonyl (C=O) groups is 1. The minimum absolute atomic E-state index is 0.0849. The number of hydrogen-bond acceptors (Lipinski definition) is 5. The largest absolute Gasteiger partial charge is 0.494 e. The average molecular weight is 372 g/mol. The molecule has 1 aromatic carbocycles. The second-order valence-corrected chi connectivity index (χ2v) is 6.88. The topological polar surface area (TPSA) is 79.6 Å². The van der Waals surface area contributed by atoms with Crippen LogP contribution in [0, 0.1) is 0 Å². The predicted octanol–water partition coefficient (Wildman–Crippen LogP) is 1.85. The smallest absolute Gasteiger partial charge is 0.254 e. The molecule has 1 aliphatic rings. The first-order chi connectivity index (χ1) is 13.2. The fourth-order valence-electron chi connectivity index (χ4n) is 3.33. The van der Waals surface area contributed by atoms with Crippen LogP contribution in [0.25, 0.3) is 5.69 Å². The lowest BCUT2D eigenvalue weighted by Gasteiger charge is -2.20. The summed E-state index contributed by atoms with van der Waals surface area (Å²) in [6.45, 7) is 5.45. The standard InChI is InChI=1S/C20H28N4O3/c1-16-4-2-10-23(16)11-3-13-27-19-7-5-18(6-8-19)24-15-17(14-22-24)20(26)21-9-12-25/h5-8,14-16,25H,2-4,9-13H2,1H3,(H,21,26). The zero-order valence-corrected chi connectivity index (χ0v) is 15.8. The summed E-state index contributed by atoms with van der Waals surface area (Å²) in [4.78, 5) is 14.4. The zero-order chi connectivity index (χ0) is 19.1. The summed E-state index contributed by atoms with van der Waals surface area (Å²) >= 11 is 0. The van der Waals surface area contributed by atoms with Gasteiger partial charge in [0.15, 0.2) is 0 Å². The van der Waals surface area contributed by atoms with Crippen molar-refractivity contribution in [1.82, 2.24) is 20.0 Å². The van der Waals surface area contributed by atoms with Gasteiger partial charge in [0, 0.05) is 25.3 Å². The molecule has 2 aromatic rings. The van der Waals surface area contributed by atoms with Gasteiger partial charge in [-0.2, -0.15) is 5.10 Å². The summed E-state index contributed by atoms with van der Waals surface area (Å²) in [5.74, 6) is 0.587. The molecule has 7 heteroatoms. The third-order valence-corrected chi connectivity index (χ3v) is 4.89. The van der Waals surface area contributed by atoms with Crippen LogP contribution < -0.4 is 10.1 Å². The maximum Gasteiger partial charge on any atom is 0.254 e. The minimum atomic E-state index is -0.248. The van der Waals surface area contributed by atoms with E-state index >= 15 is 0 Å². The van der Waals surface area contributed by atoms with E-state index in [1.165, 1.54) is 25.6 Å². The molecule has 0 radical (unpaired) electrons. The van der Waals surface area contributed by atoms with Crippen LogP contribution in [0.3, 0.4) is 0 Å². The Bertz CT molecular complexity index is 729. The number of nitrogens with zero attached hydrogens (tertiary/aromatic N) is 3. The monoisotopic (exact) mass is 372 g/mol. The van der Waals surface area contributed by atoms with Crippen molar-refractivity contribution < 1.29 is 14.6 Å². The van der Waals surface area contributed by atoms with Gasteiger partial charge in [-0.05, 0) is 57.0 Å². The van der Waals surface area contributed by atoms with Crippen LogP contribution in [0.4, 0.5) is 0 Å². The molecule has 2 N–H and O–H groups in total. The van der Waals surface area contributed by atoms with E-state index in [2.05, 4.69) is 22.2 Å². The van der Waals surface area contributed by atoms with Crippen molar-refractivity contribution in [2.75, 3.05) is 32.8 Å². The van der Waals surface area contributed by atoms with Crippen LogP contribution in [0.5, 0.6) is 5.75 Å². The minimum Gasteiger partial charge on any atom is -0.494 e. The molecule has 2 heterocycles. The third-order valence-electron chi connectivity index (χ3n) is 4.89. The van der Waals surface area contributed by atoms with E-state index < -0.39 is 0 Å². The van der Waals surface area contributed by atoms with Gasteiger partial charge < -0.3 is 20.1 Å². The first-order valence-electron chi connectivity index (χ1n) is 9.58. The summed E-state index contributed by atoms with van der Waals surface area (Å²) in [5.41, 5.74) is 1.31. The summed E-state index contributed by atoms with van der Waals surface area (Å²) in [5, 5.41) is 15.6. The first kappa shape index (κ1) is 19.4. The molecule has 0 bridgehead atoms. The van der Waals surface area contributed by atoms with Gasteiger partial charge in [-0.15, -0.1) is 0 Å². The Morgan fingerprint density at radius 3 is 2.89 bits per heavy atom. The molecule has 7 nitrogen and oxygen atoms in total. The first-order valence-corrected chi connectivity index (χ1v) is 9.58. The number of aliphatic hydroxyl groups excluding tert-OH is 1. The van der Waals surface area contributed by atoms with E-state index in [0.29, 0.717) is 18.2 Å². The Labute approximate surface area is 159 Å². The van der Waals surface area contributed by atoms with Crippen LogP contribution in [0.2, 0.25) is 0 Å². The van der Waals surface area contributed by atoms with Crippen LogP contribution in [-0.2, 0) is 0 Å². The summed E-state index contributed by atoms with van der Waals surface area (Å²) in [7, 11) is 0. The lowest BCUT2D eigenvalue weighted by Crippen LogP contribution is -2.28. The van der Waals surface area contributed by atoms with Crippen molar-refractivity contribution in [2.24, 2.45) is 0 Å². The van der Waals surface area contributed by atoms with Crippen molar-refractivity contribution in [2.45, 2.75) is 32.2 Å². The number of likely N-dealkylation sites (tertiary alicyclic amines) is 1. The molecule has 3 rings (SSSR count). The number of nitrogens with one attached hydrogen (secondary N) is 1. The number of amides is 1. The fourth-order valence-corrected chi connectivity index (χ4v) is 3.33. The number of benzene rings is 1. The number of carbonyl (C=O) groups excluding carboxylic acids is 1. The molecular weight excluding hydrogens is 344 g/mol.